The van der Waals surface area contributed by atoms with Crippen LogP contribution in [0.3, 0.4) is 0 Å². The van der Waals surface area contributed by atoms with E-state index in [1.807, 2.05) is 4.90 Å². The van der Waals surface area contributed by atoms with Crippen molar-refractivity contribution < 1.29 is 60.5 Å². The first-order valence-corrected chi connectivity index (χ1v) is 12.9. The highest BCUT2D eigenvalue weighted by molar-refractivity contribution is 5.98. The van der Waals surface area contributed by atoms with Crippen LogP contribution >= 0.6 is 0 Å². The Morgan fingerprint density at radius 1 is 0.826 bits per heavy atom. The molecule has 2 amide bonds. The van der Waals surface area contributed by atoms with E-state index in [1.54, 1.807) is 60.4 Å². The smallest absolute Gasteiger partial charge is 0.490 e. The number of carbonyl (C=O) groups is 4. The van der Waals surface area contributed by atoms with Crippen molar-refractivity contribution in [2.75, 3.05) is 39.3 Å². The zero-order valence-electron chi connectivity index (χ0n) is 24.0. The largest absolute Gasteiger partial charge is 0.492 e. The molecule has 3 rings (SSSR count). The van der Waals surface area contributed by atoms with Crippen molar-refractivity contribution in [2.24, 2.45) is 5.73 Å². The number of halogens is 6. The van der Waals surface area contributed by atoms with E-state index in [0.29, 0.717) is 61.0 Å². The number of amides is 2. The van der Waals surface area contributed by atoms with Crippen molar-refractivity contribution in [3.05, 3.63) is 65.2 Å². The highest BCUT2D eigenvalue weighted by atomic mass is 19.4. The average molecular weight is 665 g/mol. The van der Waals surface area contributed by atoms with Gasteiger partial charge in [-0.15, -0.1) is 0 Å². The van der Waals surface area contributed by atoms with Gasteiger partial charge in [0.05, 0.1) is 12.4 Å². The van der Waals surface area contributed by atoms with Crippen LogP contribution in [0.4, 0.5) is 26.3 Å². The molecule has 13 nitrogen and oxygen atoms in total. The van der Waals surface area contributed by atoms with Gasteiger partial charge in [-0.05, 0) is 43.3 Å². The molecule has 0 spiro atoms. The Balaban J connectivity index is 0.000000629. The first-order valence-electron chi connectivity index (χ1n) is 12.9. The summed E-state index contributed by atoms with van der Waals surface area (Å²) in [6.45, 7) is 4.79. The Labute approximate surface area is 257 Å². The first-order chi connectivity index (χ1) is 21.2. The molecule has 2 aromatic rings. The number of aliphatic carboxylic acids is 2. The van der Waals surface area contributed by atoms with E-state index in [2.05, 4.69) is 5.32 Å². The van der Waals surface area contributed by atoms with Crippen LogP contribution in [0.25, 0.3) is 0 Å². The molecule has 0 aliphatic carbocycles. The lowest BCUT2D eigenvalue weighted by Crippen LogP contribution is -2.49. The number of carboxylic acids is 2. The van der Waals surface area contributed by atoms with E-state index in [9.17, 15) is 35.9 Å². The Morgan fingerprint density at radius 3 is 1.72 bits per heavy atom. The lowest BCUT2D eigenvalue weighted by molar-refractivity contribution is -0.193. The summed E-state index contributed by atoms with van der Waals surface area (Å²) in [7, 11) is 0. The quantitative estimate of drug-likeness (QED) is 0.111. The predicted molar refractivity (Wildman–Crippen MR) is 150 cm³/mol. The molecule has 46 heavy (non-hydrogen) atoms. The molecular formula is C27H30F6N6O7. The molecule has 0 radical (unpaired) electrons. The minimum absolute atomic E-state index is 0.0330. The fraction of sp³-hybridized carbons (Fsp3) is 0.333. The summed E-state index contributed by atoms with van der Waals surface area (Å²) >= 11 is 0. The van der Waals surface area contributed by atoms with E-state index < -0.39 is 24.3 Å². The van der Waals surface area contributed by atoms with Crippen molar-refractivity contribution in [1.82, 2.24) is 15.1 Å². The molecule has 1 heterocycles. The minimum Gasteiger partial charge on any atom is -0.492 e. The first kappa shape index (κ1) is 38.7. The molecule has 0 bridgehead atoms. The van der Waals surface area contributed by atoms with Gasteiger partial charge in [-0.3, -0.25) is 20.4 Å². The number of hydrogen-bond donors (Lipinski definition) is 6. The average Bonchev–Trinajstić information content (AvgIpc) is 2.98. The maximum atomic E-state index is 12.7. The maximum Gasteiger partial charge on any atom is 0.490 e. The monoisotopic (exact) mass is 664 g/mol. The summed E-state index contributed by atoms with van der Waals surface area (Å²) in [5.41, 5.74) is 7.04. The topological polar surface area (TPSA) is 210 Å². The van der Waals surface area contributed by atoms with E-state index in [4.69, 9.17) is 41.1 Å². The second-order valence-electron chi connectivity index (χ2n) is 9.09. The third-order valence-corrected chi connectivity index (χ3v) is 5.72. The summed E-state index contributed by atoms with van der Waals surface area (Å²) in [6, 6.07) is 13.5. The third kappa shape index (κ3) is 13.5. The van der Waals surface area contributed by atoms with Crippen LogP contribution < -0.4 is 15.8 Å². The highest BCUT2D eigenvalue weighted by Crippen LogP contribution is 2.15. The van der Waals surface area contributed by atoms with Gasteiger partial charge in [-0.25, -0.2) is 9.59 Å². The lowest BCUT2D eigenvalue weighted by Gasteiger charge is -2.35. The van der Waals surface area contributed by atoms with Crippen molar-refractivity contribution in [2.45, 2.75) is 19.3 Å². The maximum absolute atomic E-state index is 12.7. The van der Waals surface area contributed by atoms with Gasteiger partial charge in [0.15, 0.2) is 0 Å². The van der Waals surface area contributed by atoms with Crippen LogP contribution in [0.1, 0.15) is 33.2 Å². The molecule has 0 unspecified atom stereocenters. The number of benzene rings is 2. The van der Waals surface area contributed by atoms with Gasteiger partial charge in [0.2, 0.25) is 0 Å². The number of rotatable bonds is 7. The van der Waals surface area contributed by atoms with E-state index >= 15 is 0 Å². The highest BCUT2D eigenvalue weighted by Gasteiger charge is 2.38. The molecule has 0 saturated carbocycles. The number of carboxylic acid groups (broad SMARTS) is 2. The number of piperazine rings is 1. The number of nitrogens with one attached hydrogen (secondary N) is 3. The van der Waals surface area contributed by atoms with Gasteiger partial charge < -0.3 is 35.8 Å². The van der Waals surface area contributed by atoms with Gasteiger partial charge in [0, 0.05) is 42.9 Å². The number of amidine groups is 2. The number of alkyl halides is 6. The minimum atomic E-state index is -5.08. The molecule has 0 aromatic heterocycles. The Hall–Kier alpha value is -5.36. The molecule has 1 fully saturated rings. The molecule has 1 aliphatic rings. The molecule has 19 heteroatoms. The fourth-order valence-corrected chi connectivity index (χ4v) is 3.38. The summed E-state index contributed by atoms with van der Waals surface area (Å²) in [6.07, 6.45) is -10.2. The second kappa shape index (κ2) is 17.2. The van der Waals surface area contributed by atoms with Crippen LogP contribution in [0, 0.1) is 10.8 Å². The summed E-state index contributed by atoms with van der Waals surface area (Å²) in [4.78, 5) is 46.5. The van der Waals surface area contributed by atoms with Crippen molar-refractivity contribution in [3.63, 3.8) is 0 Å². The van der Waals surface area contributed by atoms with Crippen LogP contribution in [-0.2, 0) is 9.59 Å². The van der Waals surface area contributed by atoms with E-state index in [1.165, 1.54) is 0 Å². The zero-order valence-corrected chi connectivity index (χ0v) is 24.0. The van der Waals surface area contributed by atoms with E-state index in [-0.39, 0.29) is 24.3 Å². The third-order valence-electron chi connectivity index (χ3n) is 5.72. The molecule has 2 aromatic carbocycles. The molecule has 1 aliphatic heterocycles. The van der Waals surface area contributed by atoms with Crippen LogP contribution in [0.2, 0.25) is 0 Å². The van der Waals surface area contributed by atoms with Crippen LogP contribution in [-0.4, -0.2) is 107 Å². The molecule has 1 saturated heterocycles. The number of hydrogen-bond acceptors (Lipinski definition) is 7. The molecule has 7 N–H and O–H groups in total. The van der Waals surface area contributed by atoms with Gasteiger partial charge >= 0.3 is 24.3 Å². The van der Waals surface area contributed by atoms with Gasteiger partial charge in [-0.2, -0.15) is 26.3 Å². The number of nitrogens with two attached hydrogens (primary N) is 1. The lowest BCUT2D eigenvalue weighted by atomic mass is 10.1. The van der Waals surface area contributed by atoms with Crippen LogP contribution in [0.5, 0.6) is 5.75 Å². The molecular weight excluding hydrogens is 634 g/mol. The van der Waals surface area contributed by atoms with Gasteiger partial charge in [-0.1, -0.05) is 12.1 Å². The Bertz CT molecular complexity index is 1370. The Morgan fingerprint density at radius 2 is 1.28 bits per heavy atom. The summed E-state index contributed by atoms with van der Waals surface area (Å²) in [5.74, 6) is -4.77. The van der Waals surface area contributed by atoms with Crippen molar-refractivity contribution in [3.8, 4) is 5.75 Å². The summed E-state index contributed by atoms with van der Waals surface area (Å²) in [5, 5.41) is 32.2. The second-order valence-corrected chi connectivity index (χ2v) is 9.09. The van der Waals surface area contributed by atoms with E-state index in [0.717, 1.165) is 0 Å². The molecule has 0 atom stereocenters. The van der Waals surface area contributed by atoms with Gasteiger partial charge in [0.1, 0.15) is 18.2 Å². The summed E-state index contributed by atoms with van der Waals surface area (Å²) < 4.78 is 69.1. The normalized spacial score (nSPS) is 12.8. The van der Waals surface area contributed by atoms with Crippen LogP contribution in [0.15, 0.2) is 48.5 Å². The number of nitrogens with zero attached hydrogens (tertiary/aromatic N) is 2. The zero-order chi connectivity index (χ0) is 35.2. The predicted octanol–water partition coefficient (Wildman–Crippen LogP) is 2.80. The SMILES string of the molecule is CC(=N)N1CCN(C(=O)c2ccc(C(=O)NCCOc3cccc(C(=N)N)c3)cc2)CC1.O=C(O)C(F)(F)F.O=C(O)C(F)(F)F. The number of carbonyl (C=O) groups excluding carboxylic acids is 2. The fourth-order valence-electron chi connectivity index (χ4n) is 3.38. The standard InChI is InChI=1S/C23H28N6O3.2C2HF3O2/c1-16(24)28-10-12-29(13-11-28)23(31)18-7-5-17(6-8-18)22(30)27-9-14-32-20-4-2-3-19(15-20)21(25)26;2*3-2(4,5)1(6)7/h2-8,15,24H,9-14H2,1H3,(H3,25,26)(H,27,30);2*(H,6,7). The number of ether oxygens (including phenoxy) is 1. The molecule has 252 valence electrons. The van der Waals surface area contributed by atoms with Gasteiger partial charge in [0.25, 0.3) is 11.8 Å². The number of nitrogen functional groups attached to an aromatic ring is 1. The van der Waals surface area contributed by atoms with Crippen molar-refractivity contribution >= 4 is 35.4 Å². The Kier molecular flexibility index (Phi) is 14.5. The van der Waals surface area contributed by atoms with Crippen molar-refractivity contribution in [1.29, 1.82) is 10.8 Å².